The second-order valence-electron chi connectivity index (χ2n) is 6.37. The van der Waals surface area contributed by atoms with Crippen LogP contribution in [-0.4, -0.2) is 40.2 Å². The average molecular weight is 380 g/mol. The highest BCUT2D eigenvalue weighted by atomic mass is 35.5. The maximum Gasteiger partial charge on any atom is 0.312 e. The van der Waals surface area contributed by atoms with E-state index in [1.165, 1.54) is 0 Å². The SMILES string of the molecule is Cc1nn(Cc2ccc(C(=O)NCC3CNC3)cc2)c(C)c1[N+](=O)[O-].Cl. The van der Waals surface area contributed by atoms with Crippen LogP contribution < -0.4 is 10.6 Å². The van der Waals surface area contributed by atoms with Gasteiger partial charge < -0.3 is 10.6 Å². The molecule has 1 saturated heterocycles. The lowest BCUT2D eigenvalue weighted by Gasteiger charge is -2.27. The van der Waals surface area contributed by atoms with E-state index in [2.05, 4.69) is 15.7 Å². The van der Waals surface area contributed by atoms with Gasteiger partial charge in [-0.2, -0.15) is 5.10 Å². The molecule has 8 nitrogen and oxygen atoms in total. The van der Waals surface area contributed by atoms with Crippen LogP contribution in [0.2, 0.25) is 0 Å². The summed E-state index contributed by atoms with van der Waals surface area (Å²) in [7, 11) is 0. The van der Waals surface area contributed by atoms with Crippen LogP contribution >= 0.6 is 12.4 Å². The molecule has 9 heteroatoms. The third-order valence-electron chi connectivity index (χ3n) is 4.49. The Hall–Kier alpha value is -2.45. The summed E-state index contributed by atoms with van der Waals surface area (Å²) in [4.78, 5) is 22.8. The lowest BCUT2D eigenvalue weighted by molar-refractivity contribution is -0.386. The number of nitrogens with one attached hydrogen (secondary N) is 2. The summed E-state index contributed by atoms with van der Waals surface area (Å²) in [6.45, 7) is 6.34. The lowest BCUT2D eigenvalue weighted by Crippen LogP contribution is -2.48. The minimum absolute atomic E-state index is 0. The molecule has 26 heavy (non-hydrogen) atoms. The van der Waals surface area contributed by atoms with Gasteiger partial charge in [-0.1, -0.05) is 12.1 Å². The fraction of sp³-hybridized carbons (Fsp3) is 0.412. The molecule has 1 fully saturated rings. The number of carbonyl (C=O) groups is 1. The zero-order valence-electron chi connectivity index (χ0n) is 14.7. The van der Waals surface area contributed by atoms with Gasteiger partial charge in [0.1, 0.15) is 11.4 Å². The number of halogens is 1. The first-order valence-corrected chi connectivity index (χ1v) is 8.22. The van der Waals surface area contributed by atoms with Gasteiger partial charge in [-0.05, 0) is 31.5 Å². The Kier molecular flexibility index (Phi) is 6.33. The Bertz CT molecular complexity index is 799. The maximum absolute atomic E-state index is 12.1. The van der Waals surface area contributed by atoms with Crippen molar-refractivity contribution in [2.24, 2.45) is 5.92 Å². The molecule has 0 spiro atoms. The predicted octanol–water partition coefficient (Wildman–Crippen LogP) is 1.83. The van der Waals surface area contributed by atoms with E-state index in [-0.39, 0.29) is 24.0 Å². The van der Waals surface area contributed by atoms with E-state index < -0.39 is 4.92 Å². The summed E-state index contributed by atoms with van der Waals surface area (Å²) in [6.07, 6.45) is 0. The molecule has 2 aromatic rings. The highest BCUT2D eigenvalue weighted by Gasteiger charge is 2.22. The van der Waals surface area contributed by atoms with Crippen molar-refractivity contribution in [3.8, 4) is 0 Å². The number of aryl methyl sites for hydroxylation is 1. The van der Waals surface area contributed by atoms with Gasteiger partial charge in [0, 0.05) is 31.1 Å². The van der Waals surface area contributed by atoms with Gasteiger partial charge in [-0.15, -0.1) is 12.4 Å². The van der Waals surface area contributed by atoms with E-state index in [4.69, 9.17) is 0 Å². The quantitative estimate of drug-likeness (QED) is 0.588. The molecule has 0 bridgehead atoms. The van der Waals surface area contributed by atoms with E-state index in [0.717, 1.165) is 18.7 Å². The smallest absolute Gasteiger partial charge is 0.312 e. The summed E-state index contributed by atoms with van der Waals surface area (Å²) in [5, 5.41) is 21.4. The van der Waals surface area contributed by atoms with Crippen molar-refractivity contribution in [3.05, 3.63) is 56.9 Å². The molecule has 1 aliphatic rings. The molecule has 1 aliphatic heterocycles. The third kappa shape index (κ3) is 4.20. The number of amides is 1. The number of hydrogen-bond acceptors (Lipinski definition) is 5. The van der Waals surface area contributed by atoms with Crippen molar-refractivity contribution in [1.82, 2.24) is 20.4 Å². The van der Waals surface area contributed by atoms with Crippen LogP contribution in [0.1, 0.15) is 27.3 Å². The second-order valence-corrected chi connectivity index (χ2v) is 6.37. The fourth-order valence-electron chi connectivity index (χ4n) is 2.87. The van der Waals surface area contributed by atoms with Crippen molar-refractivity contribution in [1.29, 1.82) is 0 Å². The van der Waals surface area contributed by atoms with Gasteiger partial charge in [0.2, 0.25) is 0 Å². The first-order valence-electron chi connectivity index (χ1n) is 8.22. The summed E-state index contributed by atoms with van der Waals surface area (Å²) in [5.41, 5.74) is 2.53. The largest absolute Gasteiger partial charge is 0.352 e. The van der Waals surface area contributed by atoms with Crippen molar-refractivity contribution in [3.63, 3.8) is 0 Å². The molecular formula is C17H22ClN5O3. The van der Waals surface area contributed by atoms with Gasteiger partial charge in [0.15, 0.2) is 0 Å². The van der Waals surface area contributed by atoms with E-state index in [9.17, 15) is 14.9 Å². The Balaban J connectivity index is 0.00000243. The monoisotopic (exact) mass is 379 g/mol. The number of carbonyl (C=O) groups excluding carboxylic acids is 1. The number of hydrogen-bond donors (Lipinski definition) is 2. The molecule has 0 aliphatic carbocycles. The number of nitrogens with zero attached hydrogens (tertiary/aromatic N) is 3. The molecular weight excluding hydrogens is 358 g/mol. The Morgan fingerprint density at radius 3 is 2.50 bits per heavy atom. The molecule has 3 rings (SSSR count). The van der Waals surface area contributed by atoms with Crippen molar-refractivity contribution >= 4 is 24.0 Å². The van der Waals surface area contributed by atoms with Crippen LogP contribution in [0.3, 0.4) is 0 Å². The molecule has 2 heterocycles. The molecule has 0 radical (unpaired) electrons. The highest BCUT2D eigenvalue weighted by molar-refractivity contribution is 5.94. The van der Waals surface area contributed by atoms with Gasteiger partial charge in [0.25, 0.3) is 5.91 Å². The van der Waals surface area contributed by atoms with E-state index in [1.807, 2.05) is 12.1 Å². The maximum atomic E-state index is 12.1. The molecule has 140 valence electrons. The first-order chi connectivity index (χ1) is 12.0. The fourth-order valence-corrected chi connectivity index (χ4v) is 2.87. The summed E-state index contributed by atoms with van der Waals surface area (Å²) in [6, 6.07) is 7.23. The summed E-state index contributed by atoms with van der Waals surface area (Å²) >= 11 is 0. The first kappa shape index (κ1) is 19.9. The topological polar surface area (TPSA) is 102 Å². The Morgan fingerprint density at radius 2 is 2.00 bits per heavy atom. The van der Waals surface area contributed by atoms with Gasteiger partial charge >= 0.3 is 5.69 Å². The van der Waals surface area contributed by atoms with Gasteiger partial charge in [0.05, 0.1) is 11.5 Å². The van der Waals surface area contributed by atoms with E-state index in [1.54, 1.807) is 30.7 Å². The van der Waals surface area contributed by atoms with Gasteiger partial charge in [-0.3, -0.25) is 19.6 Å². The molecule has 1 aromatic heterocycles. The third-order valence-corrected chi connectivity index (χ3v) is 4.49. The number of aromatic nitrogens is 2. The normalized spacial score (nSPS) is 13.6. The zero-order valence-corrected chi connectivity index (χ0v) is 15.5. The molecule has 0 unspecified atom stereocenters. The predicted molar refractivity (Wildman–Crippen MR) is 99.8 cm³/mol. The summed E-state index contributed by atoms with van der Waals surface area (Å²) < 4.78 is 1.62. The molecule has 1 aromatic carbocycles. The average Bonchev–Trinajstić information content (AvgIpc) is 2.80. The van der Waals surface area contributed by atoms with Crippen LogP contribution in [0.25, 0.3) is 0 Å². The standard InChI is InChI=1S/C17H21N5O3.ClH/c1-11-16(22(24)25)12(2)21(20-11)10-13-3-5-15(6-4-13)17(23)19-9-14-7-18-8-14;/h3-6,14,18H,7-10H2,1-2H3,(H,19,23);1H. The number of benzene rings is 1. The summed E-state index contributed by atoms with van der Waals surface area (Å²) in [5.74, 6) is 0.435. The van der Waals surface area contributed by atoms with Crippen LogP contribution in [0.15, 0.2) is 24.3 Å². The lowest BCUT2D eigenvalue weighted by atomic mass is 10.0. The Labute approximate surface area is 157 Å². The number of nitro groups is 1. The highest BCUT2D eigenvalue weighted by Crippen LogP contribution is 2.22. The Morgan fingerprint density at radius 1 is 1.35 bits per heavy atom. The van der Waals surface area contributed by atoms with Crippen LogP contribution in [0, 0.1) is 29.9 Å². The molecule has 0 atom stereocenters. The zero-order chi connectivity index (χ0) is 18.0. The van der Waals surface area contributed by atoms with E-state index >= 15 is 0 Å². The minimum Gasteiger partial charge on any atom is -0.352 e. The molecule has 2 N–H and O–H groups in total. The molecule has 0 saturated carbocycles. The van der Waals surface area contributed by atoms with Crippen molar-refractivity contribution < 1.29 is 9.72 Å². The number of rotatable bonds is 6. The van der Waals surface area contributed by atoms with Crippen LogP contribution in [-0.2, 0) is 6.54 Å². The van der Waals surface area contributed by atoms with Crippen LogP contribution in [0.4, 0.5) is 5.69 Å². The van der Waals surface area contributed by atoms with Crippen LogP contribution in [0.5, 0.6) is 0 Å². The molecule has 1 amide bonds. The van der Waals surface area contributed by atoms with E-state index in [0.29, 0.717) is 36.0 Å². The van der Waals surface area contributed by atoms with Crippen molar-refractivity contribution in [2.75, 3.05) is 19.6 Å². The minimum atomic E-state index is -0.404. The van der Waals surface area contributed by atoms with Crippen molar-refractivity contribution in [2.45, 2.75) is 20.4 Å². The second kappa shape index (κ2) is 8.29. The van der Waals surface area contributed by atoms with Gasteiger partial charge in [-0.25, -0.2) is 0 Å².